The Hall–Kier alpha value is -1.06. The van der Waals surface area contributed by atoms with Gasteiger partial charge in [0.1, 0.15) is 5.75 Å². The molecule has 0 aromatic heterocycles. The first-order chi connectivity index (χ1) is 10.3. The molecule has 2 aliphatic rings. The van der Waals surface area contributed by atoms with Crippen LogP contribution >= 0.6 is 0 Å². The summed E-state index contributed by atoms with van der Waals surface area (Å²) in [5.74, 6) is 1.80. The number of hydrogen-bond acceptors (Lipinski definition) is 3. The van der Waals surface area contributed by atoms with Crippen molar-refractivity contribution in [3.05, 3.63) is 29.3 Å². The molecule has 0 radical (unpaired) electrons. The van der Waals surface area contributed by atoms with Crippen LogP contribution in [0.2, 0.25) is 0 Å². The highest BCUT2D eigenvalue weighted by atomic mass is 16.5. The molecule has 0 bridgehead atoms. The normalized spacial score (nSPS) is 25.7. The van der Waals surface area contributed by atoms with Crippen molar-refractivity contribution < 1.29 is 4.74 Å². The highest BCUT2D eigenvalue weighted by Gasteiger charge is 2.26. The molecule has 2 atom stereocenters. The average molecular weight is 288 g/mol. The van der Waals surface area contributed by atoms with E-state index in [9.17, 15) is 0 Å². The van der Waals surface area contributed by atoms with Gasteiger partial charge in [-0.15, -0.1) is 0 Å². The van der Waals surface area contributed by atoms with Gasteiger partial charge in [-0.05, 0) is 81.4 Å². The van der Waals surface area contributed by atoms with E-state index in [-0.39, 0.29) is 0 Å². The Kier molecular flexibility index (Phi) is 4.81. The maximum absolute atomic E-state index is 5.43. The predicted octanol–water partition coefficient (Wildman–Crippen LogP) is 3.00. The standard InChI is InChI=1S/C18H28N2O/c1-20(13-14-5-4-10-19-12-14)18-7-3-6-15-8-9-16(21-2)11-17(15)18/h8-9,11,14,18-19H,3-7,10,12-13H2,1-2H3. The number of fused-ring (bicyclic) bond motifs is 1. The van der Waals surface area contributed by atoms with Crippen molar-refractivity contribution in [2.24, 2.45) is 5.92 Å². The molecular formula is C18H28N2O. The van der Waals surface area contributed by atoms with Crippen molar-refractivity contribution in [3.8, 4) is 5.75 Å². The summed E-state index contributed by atoms with van der Waals surface area (Å²) in [5, 5.41) is 3.53. The summed E-state index contributed by atoms with van der Waals surface area (Å²) in [6, 6.07) is 7.18. The first kappa shape index (κ1) is 14.9. The van der Waals surface area contributed by atoms with Crippen LogP contribution in [0.5, 0.6) is 5.75 Å². The number of nitrogens with zero attached hydrogens (tertiary/aromatic N) is 1. The van der Waals surface area contributed by atoms with Gasteiger partial charge < -0.3 is 10.1 Å². The molecule has 3 rings (SSSR count). The Morgan fingerprint density at radius 3 is 2.95 bits per heavy atom. The molecular weight excluding hydrogens is 260 g/mol. The molecule has 1 heterocycles. The van der Waals surface area contributed by atoms with Gasteiger partial charge in [0.15, 0.2) is 0 Å². The minimum absolute atomic E-state index is 0.561. The number of methoxy groups -OCH3 is 1. The second-order valence-corrected chi connectivity index (χ2v) is 6.62. The molecule has 3 nitrogen and oxygen atoms in total. The molecule has 1 fully saturated rings. The molecule has 0 amide bonds. The smallest absolute Gasteiger partial charge is 0.119 e. The van der Waals surface area contributed by atoms with E-state index in [1.165, 1.54) is 62.9 Å². The molecule has 1 aromatic carbocycles. The van der Waals surface area contributed by atoms with Crippen LogP contribution in [0.15, 0.2) is 18.2 Å². The van der Waals surface area contributed by atoms with E-state index in [0.717, 1.165) is 11.7 Å². The third-order valence-corrected chi connectivity index (χ3v) is 5.11. The molecule has 1 saturated heterocycles. The van der Waals surface area contributed by atoms with Crippen molar-refractivity contribution in [1.29, 1.82) is 0 Å². The summed E-state index contributed by atoms with van der Waals surface area (Å²) in [5.41, 5.74) is 3.01. The molecule has 1 aliphatic heterocycles. The lowest BCUT2D eigenvalue weighted by Gasteiger charge is -2.36. The predicted molar refractivity (Wildman–Crippen MR) is 86.9 cm³/mol. The van der Waals surface area contributed by atoms with Gasteiger partial charge in [-0.1, -0.05) is 6.07 Å². The van der Waals surface area contributed by atoms with Crippen LogP contribution in [0.1, 0.15) is 42.9 Å². The topological polar surface area (TPSA) is 24.5 Å². The van der Waals surface area contributed by atoms with Crippen LogP contribution in [0.25, 0.3) is 0 Å². The van der Waals surface area contributed by atoms with Crippen molar-refractivity contribution >= 4 is 0 Å². The van der Waals surface area contributed by atoms with Crippen LogP contribution < -0.4 is 10.1 Å². The summed E-state index contributed by atoms with van der Waals surface area (Å²) in [7, 11) is 4.06. The van der Waals surface area contributed by atoms with E-state index in [1.54, 1.807) is 7.11 Å². The van der Waals surface area contributed by atoms with Crippen LogP contribution in [0.3, 0.4) is 0 Å². The molecule has 116 valence electrons. The van der Waals surface area contributed by atoms with Crippen molar-refractivity contribution in [2.45, 2.75) is 38.1 Å². The lowest BCUT2D eigenvalue weighted by Crippen LogP contribution is -2.38. The third-order valence-electron chi connectivity index (χ3n) is 5.11. The second kappa shape index (κ2) is 6.80. The van der Waals surface area contributed by atoms with Gasteiger partial charge >= 0.3 is 0 Å². The highest BCUT2D eigenvalue weighted by Crippen LogP contribution is 2.36. The van der Waals surface area contributed by atoms with Crippen molar-refractivity contribution in [1.82, 2.24) is 10.2 Å². The fourth-order valence-electron chi connectivity index (χ4n) is 3.95. The van der Waals surface area contributed by atoms with Crippen LogP contribution in [-0.4, -0.2) is 38.7 Å². The second-order valence-electron chi connectivity index (χ2n) is 6.62. The lowest BCUT2D eigenvalue weighted by atomic mass is 9.86. The average Bonchev–Trinajstić information content (AvgIpc) is 2.54. The van der Waals surface area contributed by atoms with E-state index in [1.807, 2.05) is 0 Å². The molecule has 3 heteroatoms. The lowest BCUT2D eigenvalue weighted by molar-refractivity contribution is 0.174. The van der Waals surface area contributed by atoms with Gasteiger partial charge in [0, 0.05) is 12.6 Å². The Balaban J connectivity index is 1.73. The van der Waals surface area contributed by atoms with Gasteiger partial charge in [0.05, 0.1) is 7.11 Å². The zero-order valence-electron chi connectivity index (χ0n) is 13.4. The van der Waals surface area contributed by atoms with Gasteiger partial charge in [-0.3, -0.25) is 4.90 Å². The number of benzene rings is 1. The summed E-state index contributed by atoms with van der Waals surface area (Å²) in [6.45, 7) is 3.58. The number of nitrogens with one attached hydrogen (secondary N) is 1. The monoisotopic (exact) mass is 288 g/mol. The Bertz CT molecular complexity index is 468. The van der Waals surface area contributed by atoms with E-state index in [4.69, 9.17) is 4.74 Å². The van der Waals surface area contributed by atoms with Crippen molar-refractivity contribution in [3.63, 3.8) is 0 Å². The van der Waals surface area contributed by atoms with Crippen LogP contribution in [0.4, 0.5) is 0 Å². The highest BCUT2D eigenvalue weighted by molar-refractivity contribution is 5.39. The van der Waals surface area contributed by atoms with E-state index in [2.05, 4.69) is 35.5 Å². The molecule has 1 aromatic rings. The number of aryl methyl sites for hydroxylation is 1. The Labute approximate surface area is 128 Å². The minimum Gasteiger partial charge on any atom is -0.497 e. The zero-order chi connectivity index (χ0) is 14.7. The number of ether oxygens (including phenoxy) is 1. The van der Waals surface area contributed by atoms with Gasteiger partial charge in [-0.25, -0.2) is 0 Å². The molecule has 21 heavy (non-hydrogen) atoms. The van der Waals surface area contributed by atoms with E-state index in [0.29, 0.717) is 6.04 Å². The van der Waals surface area contributed by atoms with Gasteiger partial charge in [0.2, 0.25) is 0 Å². The van der Waals surface area contributed by atoms with Crippen molar-refractivity contribution in [2.75, 3.05) is 33.8 Å². The van der Waals surface area contributed by atoms with Gasteiger partial charge in [0.25, 0.3) is 0 Å². The molecule has 0 spiro atoms. The fraction of sp³-hybridized carbons (Fsp3) is 0.667. The van der Waals surface area contributed by atoms with E-state index < -0.39 is 0 Å². The Morgan fingerprint density at radius 2 is 2.19 bits per heavy atom. The molecule has 2 unspecified atom stereocenters. The molecule has 1 aliphatic carbocycles. The first-order valence-corrected chi connectivity index (χ1v) is 8.35. The summed E-state index contributed by atoms with van der Waals surface area (Å²) < 4.78 is 5.43. The maximum Gasteiger partial charge on any atom is 0.119 e. The fourth-order valence-corrected chi connectivity index (χ4v) is 3.95. The maximum atomic E-state index is 5.43. The van der Waals surface area contributed by atoms with Gasteiger partial charge in [-0.2, -0.15) is 0 Å². The van der Waals surface area contributed by atoms with E-state index >= 15 is 0 Å². The summed E-state index contributed by atoms with van der Waals surface area (Å²) in [4.78, 5) is 2.58. The van der Waals surface area contributed by atoms with Crippen LogP contribution in [0, 0.1) is 5.92 Å². The Morgan fingerprint density at radius 1 is 1.29 bits per heavy atom. The zero-order valence-corrected chi connectivity index (χ0v) is 13.4. The molecule has 1 N–H and O–H groups in total. The number of piperidine rings is 1. The number of hydrogen-bond donors (Lipinski definition) is 1. The quantitative estimate of drug-likeness (QED) is 0.922. The molecule has 0 saturated carbocycles. The minimum atomic E-state index is 0.561. The third kappa shape index (κ3) is 3.41. The largest absolute Gasteiger partial charge is 0.497 e. The first-order valence-electron chi connectivity index (χ1n) is 8.35. The number of rotatable bonds is 4. The SMILES string of the molecule is COc1ccc2c(c1)C(N(C)CC1CCCNC1)CCC2. The summed E-state index contributed by atoms with van der Waals surface area (Å²) in [6.07, 6.45) is 6.49. The summed E-state index contributed by atoms with van der Waals surface area (Å²) >= 11 is 0. The van der Waals surface area contributed by atoms with Crippen LogP contribution in [-0.2, 0) is 6.42 Å².